The van der Waals surface area contributed by atoms with E-state index in [-0.39, 0.29) is 18.1 Å². The van der Waals surface area contributed by atoms with Gasteiger partial charge in [-0.15, -0.1) is 0 Å². The molecule has 0 radical (unpaired) electrons. The van der Waals surface area contributed by atoms with E-state index in [1.807, 2.05) is 20.8 Å². The topological polar surface area (TPSA) is 61.4 Å². The molecule has 0 aliphatic heterocycles. The highest BCUT2D eigenvalue weighted by Crippen LogP contribution is 2.10. The van der Waals surface area contributed by atoms with E-state index in [2.05, 4.69) is 10.6 Å². The van der Waals surface area contributed by atoms with Crippen LogP contribution < -0.4 is 10.6 Å². The molecule has 0 bridgehead atoms. The molecule has 0 aliphatic rings. The number of amides is 2. The summed E-state index contributed by atoms with van der Waals surface area (Å²) in [6, 6.07) is -0.181. The number of aliphatic hydroxyl groups is 1. The molecule has 0 aromatic heterocycles. The van der Waals surface area contributed by atoms with Gasteiger partial charge in [-0.3, -0.25) is 0 Å². The molecule has 3 N–H and O–H groups in total. The summed E-state index contributed by atoms with van der Waals surface area (Å²) in [4.78, 5) is 10.9. The first-order valence-corrected chi connectivity index (χ1v) is 4.14. The van der Waals surface area contributed by atoms with Crippen LogP contribution in [-0.4, -0.2) is 30.8 Å². The van der Waals surface area contributed by atoms with E-state index in [0.29, 0.717) is 13.1 Å². The minimum Gasteiger partial charge on any atom is -0.396 e. The second-order valence-electron chi connectivity index (χ2n) is 3.54. The van der Waals surface area contributed by atoms with Crippen LogP contribution in [0.5, 0.6) is 0 Å². The fraction of sp³-hybridized carbons (Fsp3) is 0.875. The molecular formula is C8H18N2O2. The molecule has 0 spiro atoms. The van der Waals surface area contributed by atoms with Crippen LogP contribution in [0, 0.1) is 5.41 Å². The van der Waals surface area contributed by atoms with Crippen molar-refractivity contribution in [2.75, 3.05) is 19.7 Å². The van der Waals surface area contributed by atoms with Gasteiger partial charge in [0.2, 0.25) is 0 Å². The number of carbonyl (C=O) groups excluding carboxylic acids is 1. The highest BCUT2D eigenvalue weighted by Gasteiger charge is 2.16. The van der Waals surface area contributed by atoms with Crippen molar-refractivity contribution in [2.24, 2.45) is 5.41 Å². The zero-order chi connectivity index (χ0) is 9.61. The molecule has 0 fully saturated rings. The average molecular weight is 174 g/mol. The molecule has 12 heavy (non-hydrogen) atoms. The van der Waals surface area contributed by atoms with Crippen molar-refractivity contribution in [2.45, 2.75) is 20.8 Å². The molecule has 4 heteroatoms. The summed E-state index contributed by atoms with van der Waals surface area (Å²) in [5.41, 5.74) is -0.245. The Morgan fingerprint density at radius 2 is 2.00 bits per heavy atom. The maximum Gasteiger partial charge on any atom is 0.314 e. The Balaban J connectivity index is 3.60. The number of urea groups is 1. The molecule has 2 amide bonds. The fourth-order valence-electron chi connectivity index (χ4n) is 0.599. The Morgan fingerprint density at radius 1 is 1.42 bits per heavy atom. The van der Waals surface area contributed by atoms with Crippen molar-refractivity contribution in [1.29, 1.82) is 0 Å². The van der Waals surface area contributed by atoms with Crippen LogP contribution >= 0.6 is 0 Å². The number of hydrogen-bond acceptors (Lipinski definition) is 2. The molecule has 0 rings (SSSR count). The fourth-order valence-corrected chi connectivity index (χ4v) is 0.599. The molecule has 0 aromatic rings. The van der Waals surface area contributed by atoms with Crippen LogP contribution in [0.3, 0.4) is 0 Å². The van der Waals surface area contributed by atoms with Crippen LogP contribution in [0.15, 0.2) is 0 Å². The third kappa shape index (κ3) is 4.96. The molecule has 4 nitrogen and oxygen atoms in total. The number of hydrogen-bond donors (Lipinski definition) is 3. The van der Waals surface area contributed by atoms with E-state index in [0.717, 1.165) is 0 Å². The Labute approximate surface area is 73.3 Å². The molecule has 0 aromatic carbocycles. The van der Waals surface area contributed by atoms with Crippen LogP contribution in [0.1, 0.15) is 20.8 Å². The normalized spacial score (nSPS) is 11.0. The molecule has 0 aliphatic carbocycles. The van der Waals surface area contributed by atoms with E-state index < -0.39 is 0 Å². The summed E-state index contributed by atoms with van der Waals surface area (Å²) in [6.07, 6.45) is 0. The monoisotopic (exact) mass is 174 g/mol. The first-order chi connectivity index (χ1) is 5.52. The number of carbonyl (C=O) groups is 1. The predicted molar refractivity (Wildman–Crippen MR) is 47.9 cm³/mol. The predicted octanol–water partition coefficient (Wildman–Crippen LogP) is 0.324. The third-order valence-electron chi connectivity index (χ3n) is 1.49. The van der Waals surface area contributed by atoms with Crippen molar-refractivity contribution in [3.8, 4) is 0 Å². The molecule has 0 atom stereocenters. The number of rotatable bonds is 4. The van der Waals surface area contributed by atoms with E-state index in [1.165, 1.54) is 0 Å². The minimum absolute atomic E-state index is 0.0689. The second-order valence-corrected chi connectivity index (χ2v) is 3.54. The third-order valence-corrected chi connectivity index (χ3v) is 1.49. The molecular weight excluding hydrogens is 156 g/mol. The summed E-state index contributed by atoms with van der Waals surface area (Å²) in [5.74, 6) is 0. The molecule has 0 unspecified atom stereocenters. The lowest BCUT2D eigenvalue weighted by Crippen LogP contribution is -2.41. The minimum atomic E-state index is -0.245. The van der Waals surface area contributed by atoms with Crippen LogP contribution in [0.25, 0.3) is 0 Å². The lowest BCUT2D eigenvalue weighted by Gasteiger charge is -2.21. The highest BCUT2D eigenvalue weighted by molar-refractivity contribution is 5.73. The van der Waals surface area contributed by atoms with E-state index in [4.69, 9.17) is 5.11 Å². The van der Waals surface area contributed by atoms with E-state index in [9.17, 15) is 4.79 Å². The lowest BCUT2D eigenvalue weighted by molar-refractivity contribution is 0.157. The summed E-state index contributed by atoms with van der Waals surface area (Å²) in [5, 5.41) is 14.1. The van der Waals surface area contributed by atoms with Gasteiger partial charge in [0.25, 0.3) is 0 Å². The summed E-state index contributed by atoms with van der Waals surface area (Å²) in [6.45, 7) is 6.80. The summed E-state index contributed by atoms with van der Waals surface area (Å²) < 4.78 is 0. The quantitative estimate of drug-likeness (QED) is 0.575. The number of aliphatic hydroxyl groups excluding tert-OH is 1. The number of nitrogens with one attached hydrogen (secondary N) is 2. The van der Waals surface area contributed by atoms with Crippen LogP contribution in [0.2, 0.25) is 0 Å². The zero-order valence-electron chi connectivity index (χ0n) is 7.98. The SMILES string of the molecule is CCNC(=O)NCC(C)(C)CO. The largest absolute Gasteiger partial charge is 0.396 e. The van der Waals surface area contributed by atoms with E-state index >= 15 is 0 Å². The maximum atomic E-state index is 10.9. The van der Waals surface area contributed by atoms with Gasteiger partial charge in [-0.1, -0.05) is 13.8 Å². The molecule has 72 valence electrons. The highest BCUT2D eigenvalue weighted by atomic mass is 16.3. The standard InChI is InChI=1S/C8H18N2O2/c1-4-9-7(12)10-5-8(2,3)6-11/h11H,4-6H2,1-3H3,(H2,9,10,12). The van der Waals surface area contributed by atoms with Gasteiger partial charge in [0, 0.05) is 25.1 Å². The summed E-state index contributed by atoms with van der Waals surface area (Å²) in [7, 11) is 0. The Bertz CT molecular complexity index is 146. The van der Waals surface area contributed by atoms with Gasteiger partial charge in [0.05, 0.1) is 0 Å². The molecule has 0 saturated carbocycles. The van der Waals surface area contributed by atoms with Gasteiger partial charge in [0.1, 0.15) is 0 Å². The van der Waals surface area contributed by atoms with Crippen molar-refractivity contribution in [3.05, 3.63) is 0 Å². The Kier molecular flexibility index (Phi) is 4.66. The van der Waals surface area contributed by atoms with Crippen LogP contribution in [0.4, 0.5) is 4.79 Å². The average Bonchev–Trinajstić information content (AvgIpc) is 2.02. The first kappa shape index (κ1) is 11.2. The van der Waals surface area contributed by atoms with Gasteiger partial charge in [-0.25, -0.2) is 4.79 Å². The first-order valence-electron chi connectivity index (χ1n) is 4.14. The van der Waals surface area contributed by atoms with Crippen molar-refractivity contribution in [3.63, 3.8) is 0 Å². The van der Waals surface area contributed by atoms with Gasteiger partial charge in [-0.05, 0) is 6.92 Å². The molecule has 0 saturated heterocycles. The van der Waals surface area contributed by atoms with Gasteiger partial charge < -0.3 is 15.7 Å². The Morgan fingerprint density at radius 3 is 2.42 bits per heavy atom. The van der Waals surface area contributed by atoms with Crippen LogP contribution in [-0.2, 0) is 0 Å². The van der Waals surface area contributed by atoms with Gasteiger partial charge >= 0.3 is 6.03 Å². The lowest BCUT2D eigenvalue weighted by atomic mass is 9.95. The Hall–Kier alpha value is -0.770. The van der Waals surface area contributed by atoms with Crippen molar-refractivity contribution in [1.82, 2.24) is 10.6 Å². The van der Waals surface area contributed by atoms with Crippen molar-refractivity contribution >= 4 is 6.03 Å². The van der Waals surface area contributed by atoms with Gasteiger partial charge in [-0.2, -0.15) is 0 Å². The smallest absolute Gasteiger partial charge is 0.314 e. The maximum absolute atomic E-state index is 10.9. The van der Waals surface area contributed by atoms with Gasteiger partial charge in [0.15, 0.2) is 0 Å². The second kappa shape index (κ2) is 4.98. The van der Waals surface area contributed by atoms with Crippen molar-refractivity contribution < 1.29 is 9.90 Å². The zero-order valence-corrected chi connectivity index (χ0v) is 7.98. The molecule has 0 heterocycles. The van der Waals surface area contributed by atoms with E-state index in [1.54, 1.807) is 0 Å². The summed E-state index contributed by atoms with van der Waals surface area (Å²) >= 11 is 0.